The quantitative estimate of drug-likeness (QED) is 0.279. The number of amides is 1. The summed E-state index contributed by atoms with van der Waals surface area (Å²) in [4.78, 5) is 70.5. The monoisotopic (exact) mass is 687 g/mol. The molecular formula is C27H21N5O7S5. The second-order valence-electron chi connectivity index (χ2n) is 9.11. The number of thiocarbonyl (C=S) groups is 1. The summed E-state index contributed by atoms with van der Waals surface area (Å²) in [6, 6.07) is 5.46. The van der Waals surface area contributed by atoms with Crippen LogP contribution in [0.15, 0.2) is 43.8 Å². The van der Waals surface area contributed by atoms with Crippen LogP contribution in [-0.4, -0.2) is 59.5 Å². The fraction of sp³-hybridized carbons (Fsp3) is 0.222. The number of fused-ring (bicyclic) bond motifs is 1. The van der Waals surface area contributed by atoms with E-state index in [1.165, 1.54) is 16.3 Å². The van der Waals surface area contributed by atoms with Crippen LogP contribution in [0.3, 0.4) is 0 Å². The lowest BCUT2D eigenvalue weighted by Crippen LogP contribution is -2.35. The molecule has 0 bridgehead atoms. The molecule has 2 aromatic heterocycles. The predicted octanol–water partition coefficient (Wildman–Crippen LogP) is 2.38. The Hall–Kier alpha value is -3.95. The number of hydrogen-bond acceptors (Lipinski definition) is 11. The molecule has 0 saturated carbocycles. The van der Waals surface area contributed by atoms with Crippen LogP contribution in [0, 0.1) is 15.8 Å². The largest absolute Gasteiger partial charge is 0.480 e. The molecule has 0 aliphatic carbocycles. The number of nitrogens with zero attached hydrogens (tertiary/aromatic N) is 5. The van der Waals surface area contributed by atoms with E-state index in [1.807, 2.05) is 30.0 Å². The number of rotatable bonds is 7. The molecule has 2 aliphatic rings. The highest BCUT2D eigenvalue weighted by Crippen LogP contribution is 2.47. The van der Waals surface area contributed by atoms with Crippen molar-refractivity contribution in [3.8, 4) is 0 Å². The molecule has 0 unspecified atom stereocenters. The van der Waals surface area contributed by atoms with E-state index in [9.17, 15) is 34.2 Å². The second-order valence-corrected chi connectivity index (χ2v) is 13.8. The molecule has 0 spiro atoms. The van der Waals surface area contributed by atoms with Crippen molar-refractivity contribution in [2.75, 3.05) is 18.0 Å². The van der Waals surface area contributed by atoms with Crippen LogP contribution in [-0.2, 0) is 27.5 Å². The first-order valence-electron chi connectivity index (χ1n) is 12.8. The third kappa shape index (κ3) is 5.66. The number of carboxylic acids is 2. The summed E-state index contributed by atoms with van der Waals surface area (Å²) in [5, 5.41) is 19.6. The number of benzene rings is 1. The van der Waals surface area contributed by atoms with E-state index < -0.39 is 36.5 Å². The number of thioether (sulfide) groups is 2. The lowest BCUT2D eigenvalue weighted by molar-refractivity contribution is -0.140. The van der Waals surface area contributed by atoms with Crippen LogP contribution in [0.2, 0.25) is 0 Å². The number of carbonyl (C=O) groups is 3. The van der Waals surface area contributed by atoms with Gasteiger partial charge in [-0.2, -0.15) is 0 Å². The minimum atomic E-state index is -1.32. The minimum absolute atomic E-state index is 0.0197. The highest BCUT2D eigenvalue weighted by Gasteiger charge is 2.35. The molecule has 0 atom stereocenters. The summed E-state index contributed by atoms with van der Waals surface area (Å²) in [6.07, 6.45) is 3.49. The SMILES string of the molecule is [C-]#[N+]c1ccc2c(c1)N(CC)C(=CC=c1s/c(=c3\sc(=C4SC(=S)N(CC(=O)O)C4=O)n(CC(=O)O)c3=O)n(CC)c1=O)S2. The molecule has 1 fully saturated rings. The average molecular weight is 688 g/mol. The van der Waals surface area contributed by atoms with Crippen molar-refractivity contribution < 1.29 is 24.6 Å². The topological polar surface area (TPSA) is 147 Å². The van der Waals surface area contributed by atoms with Crippen molar-refractivity contribution in [2.45, 2.75) is 31.8 Å². The van der Waals surface area contributed by atoms with Crippen molar-refractivity contribution in [1.82, 2.24) is 14.0 Å². The van der Waals surface area contributed by atoms with Gasteiger partial charge in [0.1, 0.15) is 36.2 Å². The van der Waals surface area contributed by atoms with Gasteiger partial charge in [0.05, 0.1) is 16.1 Å². The Balaban J connectivity index is 1.72. The van der Waals surface area contributed by atoms with Crippen molar-refractivity contribution >= 4 is 103 Å². The number of aromatic nitrogens is 2. The first-order valence-corrected chi connectivity index (χ1v) is 16.5. The third-order valence-corrected chi connectivity index (χ3v) is 11.6. The van der Waals surface area contributed by atoms with E-state index in [2.05, 4.69) is 4.85 Å². The molecule has 2 N–H and O–H groups in total. The molecule has 4 heterocycles. The van der Waals surface area contributed by atoms with Gasteiger partial charge >= 0.3 is 11.9 Å². The Morgan fingerprint density at radius 3 is 2.30 bits per heavy atom. The average Bonchev–Trinajstić information content (AvgIpc) is 3.68. The highest BCUT2D eigenvalue weighted by atomic mass is 32.2. The van der Waals surface area contributed by atoms with Crippen molar-refractivity contribution in [2.24, 2.45) is 0 Å². The lowest BCUT2D eigenvalue weighted by Gasteiger charge is -2.17. The fourth-order valence-electron chi connectivity index (χ4n) is 4.54. The van der Waals surface area contributed by atoms with Gasteiger partial charge in [-0.25, -0.2) is 4.85 Å². The summed E-state index contributed by atoms with van der Waals surface area (Å²) in [5.41, 5.74) is 0.402. The van der Waals surface area contributed by atoms with Crippen molar-refractivity contribution in [3.05, 3.63) is 79.8 Å². The number of carboxylic acid groups (broad SMARTS) is 2. The molecule has 44 heavy (non-hydrogen) atoms. The maximum Gasteiger partial charge on any atom is 0.323 e. The van der Waals surface area contributed by atoms with Gasteiger partial charge in [0.15, 0.2) is 5.69 Å². The Morgan fingerprint density at radius 2 is 1.66 bits per heavy atom. The molecule has 12 nitrogen and oxygen atoms in total. The summed E-state index contributed by atoms with van der Waals surface area (Å²) in [7, 11) is 0. The van der Waals surface area contributed by atoms with E-state index >= 15 is 0 Å². The van der Waals surface area contributed by atoms with Crippen LogP contribution >= 0.6 is 58.4 Å². The summed E-state index contributed by atoms with van der Waals surface area (Å²) >= 11 is 9.41. The zero-order valence-electron chi connectivity index (χ0n) is 22.9. The Morgan fingerprint density at radius 1 is 0.932 bits per heavy atom. The third-order valence-electron chi connectivity index (χ3n) is 6.47. The number of anilines is 1. The number of aliphatic carboxylic acids is 2. The highest BCUT2D eigenvalue weighted by molar-refractivity contribution is 8.30. The Labute approximate surface area is 270 Å². The minimum Gasteiger partial charge on any atom is -0.480 e. The van der Waals surface area contributed by atoms with E-state index in [0.717, 1.165) is 59.5 Å². The molecule has 226 valence electrons. The number of carbonyl (C=O) groups excluding carboxylic acids is 1. The van der Waals surface area contributed by atoms with Crippen LogP contribution < -0.4 is 25.2 Å². The molecule has 1 aromatic carbocycles. The van der Waals surface area contributed by atoms with Gasteiger partial charge in [0.25, 0.3) is 17.0 Å². The van der Waals surface area contributed by atoms with Gasteiger partial charge in [-0.15, -0.1) is 22.7 Å². The molecule has 2 aliphatic heterocycles. The lowest BCUT2D eigenvalue weighted by atomic mass is 10.2. The molecule has 17 heteroatoms. The van der Waals surface area contributed by atoms with E-state index in [4.69, 9.17) is 18.8 Å². The number of hydrogen-bond donors (Lipinski definition) is 2. The Kier molecular flexibility index (Phi) is 9.00. The van der Waals surface area contributed by atoms with Gasteiger partial charge in [-0.1, -0.05) is 47.9 Å². The van der Waals surface area contributed by atoms with Crippen molar-refractivity contribution in [3.63, 3.8) is 0 Å². The smallest absolute Gasteiger partial charge is 0.323 e. The number of allylic oxidation sites excluding steroid dienone is 1. The molecule has 1 saturated heterocycles. The predicted molar refractivity (Wildman–Crippen MR) is 174 cm³/mol. The maximum absolute atomic E-state index is 13.6. The summed E-state index contributed by atoms with van der Waals surface area (Å²) < 4.78 is 3.07. The molecule has 0 radical (unpaired) electrons. The Bertz CT molecular complexity index is 2190. The molecule has 3 aromatic rings. The van der Waals surface area contributed by atoms with Gasteiger partial charge in [0.2, 0.25) is 0 Å². The molecular weight excluding hydrogens is 667 g/mol. The van der Waals surface area contributed by atoms with Gasteiger partial charge < -0.3 is 15.1 Å². The van der Waals surface area contributed by atoms with E-state index in [0.29, 0.717) is 21.4 Å². The van der Waals surface area contributed by atoms with Crippen LogP contribution in [0.5, 0.6) is 0 Å². The zero-order valence-corrected chi connectivity index (χ0v) is 27.0. The maximum atomic E-state index is 13.6. The zero-order chi connectivity index (χ0) is 31.9. The van der Waals surface area contributed by atoms with Crippen molar-refractivity contribution in [1.29, 1.82) is 0 Å². The normalized spacial score (nSPS) is 17.9. The first kappa shape index (κ1) is 31.5. The molecule has 5 rings (SSSR count). The van der Waals surface area contributed by atoms with Crippen LogP contribution in [0.4, 0.5) is 11.4 Å². The standard InChI is InChI=1S/C27H21N5O7S5/c1-4-29-14-10-13(28-3)6-7-15(14)41-17(29)9-8-16-22(37)30(5-2)25(42-16)20-23(38)31(11-18(33)34)26(43-20)21-24(39)32(12-19(35)36)27(40)44-21/h6-10H,4-5,11-12H2,1-2H3,(H,33,34)(H,35,36)/b16-8?,17-9?,25-20-,26-21?. The van der Waals surface area contributed by atoms with Gasteiger partial charge in [-0.3, -0.25) is 38.0 Å². The van der Waals surface area contributed by atoms with E-state index in [1.54, 1.807) is 19.1 Å². The van der Waals surface area contributed by atoms with E-state index in [-0.39, 0.29) is 30.5 Å². The summed E-state index contributed by atoms with van der Waals surface area (Å²) in [5.74, 6) is -3.35. The number of thiazole rings is 2. The van der Waals surface area contributed by atoms with Gasteiger partial charge in [-0.05, 0) is 32.1 Å². The first-order chi connectivity index (χ1) is 21.0. The van der Waals surface area contributed by atoms with Crippen LogP contribution in [0.1, 0.15) is 13.8 Å². The molecule has 1 amide bonds. The van der Waals surface area contributed by atoms with Crippen LogP contribution in [0.25, 0.3) is 15.8 Å². The fourth-order valence-corrected chi connectivity index (χ4v) is 9.44. The summed E-state index contributed by atoms with van der Waals surface area (Å²) in [6.45, 7) is 10.5. The second kappa shape index (κ2) is 12.6. The van der Waals surface area contributed by atoms with Gasteiger partial charge in [0, 0.05) is 23.7 Å².